The summed E-state index contributed by atoms with van der Waals surface area (Å²) in [6.07, 6.45) is 0. The van der Waals surface area contributed by atoms with Crippen LogP contribution in [0.2, 0.25) is 0 Å². The summed E-state index contributed by atoms with van der Waals surface area (Å²) in [6, 6.07) is 8.51. The average Bonchev–Trinajstić information content (AvgIpc) is 2.37. The number of hydrogen-bond donors (Lipinski definition) is 3. The first kappa shape index (κ1) is 14.5. The number of hydrogen-bond acceptors (Lipinski definition) is 3. The third-order valence-electron chi connectivity index (χ3n) is 2.97. The van der Waals surface area contributed by atoms with Gasteiger partial charge in [-0.3, -0.25) is 10.9 Å². The molecule has 0 unspecified atom stereocenters. The highest BCUT2D eigenvalue weighted by atomic mass is 32.1. The molecule has 0 radical (unpaired) electrons. The second-order valence-electron chi connectivity index (χ2n) is 5.17. The molecule has 0 aliphatic rings. The van der Waals surface area contributed by atoms with E-state index in [0.29, 0.717) is 11.2 Å². The Labute approximate surface area is 125 Å². The van der Waals surface area contributed by atoms with Gasteiger partial charge in [0.2, 0.25) is 0 Å². The minimum Gasteiger partial charge on any atom is -0.359 e. The van der Waals surface area contributed by atoms with Crippen molar-refractivity contribution in [1.29, 1.82) is 0 Å². The Kier molecular flexibility index (Phi) is 4.39. The highest BCUT2D eigenvalue weighted by Gasteiger charge is 2.05. The average molecular weight is 288 g/mol. The maximum Gasteiger partial charge on any atom is 0.185 e. The maximum atomic E-state index is 5.17. The Morgan fingerprint density at radius 1 is 1.20 bits per heavy atom. The molecule has 0 aliphatic heterocycles. The minimum atomic E-state index is 0.297. The topological polar surface area (TPSA) is 49.0 Å². The Morgan fingerprint density at radius 2 is 1.95 bits per heavy atom. The predicted molar refractivity (Wildman–Crippen MR) is 88.8 cm³/mol. The minimum absolute atomic E-state index is 0.297. The summed E-state index contributed by atoms with van der Waals surface area (Å²) >= 11 is 5.17. The van der Waals surface area contributed by atoms with Gasteiger partial charge in [0.05, 0.1) is 5.52 Å². The van der Waals surface area contributed by atoms with E-state index in [9.17, 15) is 0 Å². The number of aryl methyl sites for hydroxylation is 2. The number of thiocarbonyl (C=S) groups is 1. The number of pyridine rings is 1. The number of nitrogens with one attached hydrogen (secondary N) is 3. The van der Waals surface area contributed by atoms with Crippen LogP contribution in [0.5, 0.6) is 0 Å². The van der Waals surface area contributed by atoms with E-state index in [0.717, 1.165) is 16.9 Å². The summed E-state index contributed by atoms with van der Waals surface area (Å²) in [5.41, 5.74) is 9.36. The number of benzene rings is 1. The van der Waals surface area contributed by atoms with Crippen molar-refractivity contribution < 1.29 is 0 Å². The lowest BCUT2D eigenvalue weighted by Gasteiger charge is -2.15. The van der Waals surface area contributed by atoms with Crippen LogP contribution in [0.25, 0.3) is 10.9 Å². The molecule has 1 aromatic carbocycles. The monoisotopic (exact) mass is 288 g/mol. The second kappa shape index (κ2) is 6.05. The molecule has 0 bridgehead atoms. The van der Waals surface area contributed by atoms with E-state index in [1.807, 2.05) is 19.9 Å². The molecule has 0 amide bonds. The highest BCUT2D eigenvalue weighted by molar-refractivity contribution is 7.80. The van der Waals surface area contributed by atoms with Crippen LogP contribution in [-0.4, -0.2) is 16.1 Å². The van der Waals surface area contributed by atoms with Gasteiger partial charge in [0.15, 0.2) is 5.11 Å². The Bertz CT molecular complexity index is 637. The lowest BCUT2D eigenvalue weighted by atomic mass is 10.1. The summed E-state index contributed by atoms with van der Waals surface area (Å²) < 4.78 is 0. The Balaban J connectivity index is 2.19. The molecule has 5 heteroatoms. The Hall–Kier alpha value is -1.88. The lowest BCUT2D eigenvalue weighted by molar-refractivity contribution is 0.724. The maximum absolute atomic E-state index is 5.17. The van der Waals surface area contributed by atoms with Crippen molar-refractivity contribution in [2.24, 2.45) is 0 Å². The first-order valence-electron chi connectivity index (χ1n) is 6.67. The molecule has 2 aromatic rings. The molecular formula is C15H20N4S. The molecule has 1 aromatic heterocycles. The van der Waals surface area contributed by atoms with Gasteiger partial charge in [-0.15, -0.1) is 0 Å². The highest BCUT2D eigenvalue weighted by Crippen LogP contribution is 2.22. The normalized spacial score (nSPS) is 10.7. The summed E-state index contributed by atoms with van der Waals surface area (Å²) in [7, 11) is 0. The van der Waals surface area contributed by atoms with Gasteiger partial charge in [-0.05, 0) is 57.1 Å². The Morgan fingerprint density at radius 3 is 2.65 bits per heavy atom. The first-order chi connectivity index (χ1) is 9.47. The molecule has 0 saturated carbocycles. The molecule has 0 saturated heterocycles. The first-order valence-corrected chi connectivity index (χ1v) is 7.07. The van der Waals surface area contributed by atoms with Crippen LogP contribution in [0.15, 0.2) is 24.3 Å². The molecule has 1 heterocycles. The van der Waals surface area contributed by atoms with Gasteiger partial charge in [-0.1, -0.05) is 18.2 Å². The van der Waals surface area contributed by atoms with Gasteiger partial charge in [-0.25, -0.2) is 4.98 Å². The van der Waals surface area contributed by atoms with Gasteiger partial charge in [0.25, 0.3) is 0 Å². The van der Waals surface area contributed by atoms with E-state index in [1.54, 1.807) is 0 Å². The van der Waals surface area contributed by atoms with E-state index < -0.39 is 0 Å². The molecule has 0 aliphatic carbocycles. The molecule has 4 nitrogen and oxygen atoms in total. The van der Waals surface area contributed by atoms with E-state index in [2.05, 4.69) is 53.2 Å². The quantitative estimate of drug-likeness (QED) is 0.598. The van der Waals surface area contributed by atoms with Crippen molar-refractivity contribution in [1.82, 2.24) is 15.7 Å². The number of para-hydroxylation sites is 1. The van der Waals surface area contributed by atoms with Crippen molar-refractivity contribution in [3.63, 3.8) is 0 Å². The number of fused-ring (bicyclic) bond motifs is 1. The SMILES string of the molecule is Cc1cc(NNC(=S)NC(C)C)nc2c(C)cccc12. The zero-order valence-corrected chi connectivity index (χ0v) is 13.1. The number of anilines is 1. The van der Waals surface area contributed by atoms with Crippen molar-refractivity contribution in [2.45, 2.75) is 33.7 Å². The van der Waals surface area contributed by atoms with Crippen molar-refractivity contribution in [2.75, 3.05) is 5.43 Å². The lowest BCUT2D eigenvalue weighted by Crippen LogP contribution is -2.42. The van der Waals surface area contributed by atoms with Crippen LogP contribution >= 0.6 is 12.2 Å². The van der Waals surface area contributed by atoms with Gasteiger partial charge >= 0.3 is 0 Å². The van der Waals surface area contributed by atoms with Gasteiger partial charge in [0, 0.05) is 11.4 Å². The largest absolute Gasteiger partial charge is 0.359 e. The fourth-order valence-electron chi connectivity index (χ4n) is 2.04. The second-order valence-corrected chi connectivity index (χ2v) is 5.58. The molecule has 0 fully saturated rings. The molecule has 106 valence electrons. The zero-order chi connectivity index (χ0) is 14.7. The summed E-state index contributed by atoms with van der Waals surface area (Å²) in [5, 5.41) is 4.84. The van der Waals surface area contributed by atoms with Crippen LogP contribution < -0.4 is 16.2 Å². The van der Waals surface area contributed by atoms with Crippen LogP contribution in [0.4, 0.5) is 5.82 Å². The van der Waals surface area contributed by atoms with Gasteiger partial charge in [0.1, 0.15) is 5.82 Å². The molecule has 2 rings (SSSR count). The van der Waals surface area contributed by atoms with E-state index in [4.69, 9.17) is 12.2 Å². The summed E-state index contributed by atoms with van der Waals surface area (Å²) in [4.78, 5) is 4.63. The van der Waals surface area contributed by atoms with Crippen molar-refractivity contribution >= 4 is 34.1 Å². The molecule has 20 heavy (non-hydrogen) atoms. The zero-order valence-electron chi connectivity index (χ0n) is 12.2. The molecular weight excluding hydrogens is 268 g/mol. The van der Waals surface area contributed by atoms with Gasteiger partial charge < -0.3 is 5.32 Å². The molecule has 0 atom stereocenters. The predicted octanol–water partition coefficient (Wildman–Crippen LogP) is 3.05. The standard InChI is InChI=1S/C15H20N4S/c1-9(2)16-15(20)19-18-13-8-11(4)12-7-5-6-10(3)14(12)17-13/h5-9H,1-4H3,(H,17,18)(H2,16,19,20). The van der Waals surface area contributed by atoms with E-state index in [1.165, 1.54) is 10.9 Å². The summed E-state index contributed by atoms with van der Waals surface area (Å²) in [5.74, 6) is 0.761. The van der Waals surface area contributed by atoms with Gasteiger partial charge in [-0.2, -0.15) is 0 Å². The fraction of sp³-hybridized carbons (Fsp3) is 0.333. The fourth-order valence-corrected chi connectivity index (χ4v) is 2.33. The van der Waals surface area contributed by atoms with Crippen LogP contribution in [-0.2, 0) is 0 Å². The van der Waals surface area contributed by atoms with Crippen LogP contribution in [0.1, 0.15) is 25.0 Å². The van der Waals surface area contributed by atoms with E-state index >= 15 is 0 Å². The summed E-state index contributed by atoms with van der Waals surface area (Å²) in [6.45, 7) is 8.22. The van der Waals surface area contributed by atoms with Crippen molar-refractivity contribution in [3.8, 4) is 0 Å². The molecule has 3 N–H and O–H groups in total. The number of hydrazine groups is 1. The number of nitrogens with zero attached hydrogens (tertiary/aromatic N) is 1. The van der Waals surface area contributed by atoms with E-state index in [-0.39, 0.29) is 0 Å². The van der Waals surface area contributed by atoms with Crippen LogP contribution in [0.3, 0.4) is 0 Å². The number of rotatable bonds is 3. The smallest absolute Gasteiger partial charge is 0.185 e. The third kappa shape index (κ3) is 3.36. The molecule has 0 spiro atoms. The third-order valence-corrected chi connectivity index (χ3v) is 3.19. The van der Waals surface area contributed by atoms with Crippen molar-refractivity contribution in [3.05, 3.63) is 35.4 Å². The number of aromatic nitrogens is 1. The van der Waals surface area contributed by atoms with Crippen LogP contribution in [0, 0.1) is 13.8 Å².